The van der Waals surface area contributed by atoms with Crippen molar-refractivity contribution in [1.29, 1.82) is 0 Å². The number of hydrogen-bond donors (Lipinski definition) is 0. The Morgan fingerprint density at radius 3 is 2.11 bits per heavy atom. The number of halogens is 4. The van der Waals surface area contributed by atoms with Gasteiger partial charge in [-0.2, -0.15) is 13.2 Å². The molecule has 0 aliphatic heterocycles. The van der Waals surface area contributed by atoms with Gasteiger partial charge in [0.25, 0.3) is 0 Å². The minimum Gasteiger partial charge on any atom is -0.166 e. The average molecular weight is 314 g/mol. The zero-order chi connectivity index (χ0) is 13.3. The van der Waals surface area contributed by atoms with Crippen molar-refractivity contribution in [2.24, 2.45) is 0 Å². The van der Waals surface area contributed by atoms with Gasteiger partial charge in [-0.25, -0.2) is 0 Å². The van der Waals surface area contributed by atoms with Crippen LogP contribution in [-0.4, -0.2) is 0 Å². The maximum atomic E-state index is 12.4. The van der Waals surface area contributed by atoms with E-state index in [1.807, 2.05) is 18.2 Å². The third kappa shape index (κ3) is 2.58. The Bertz CT molecular complexity index is 556. The van der Waals surface area contributed by atoms with Crippen molar-refractivity contribution in [1.82, 2.24) is 0 Å². The quantitative estimate of drug-likeness (QED) is 0.668. The molecule has 0 N–H and O–H groups in total. The summed E-state index contributed by atoms with van der Waals surface area (Å²) in [6, 6.07) is 10.6. The summed E-state index contributed by atoms with van der Waals surface area (Å²) in [6.45, 7) is 3.90. The van der Waals surface area contributed by atoms with Gasteiger partial charge in [0.05, 0.1) is 5.56 Å². The Balaban J connectivity index is 2.44. The second-order valence-corrected chi connectivity index (χ2v) is 4.70. The Hall–Kier alpha value is -1.29. The van der Waals surface area contributed by atoms with Crippen LogP contribution in [-0.2, 0) is 6.18 Å². The molecular formula is C14H9BrF3. The van der Waals surface area contributed by atoms with E-state index in [1.165, 1.54) is 12.1 Å². The Morgan fingerprint density at radius 1 is 0.944 bits per heavy atom. The van der Waals surface area contributed by atoms with Gasteiger partial charge in [-0.15, -0.1) is 0 Å². The van der Waals surface area contributed by atoms with Crippen molar-refractivity contribution in [3.05, 3.63) is 65.0 Å². The molecule has 0 bridgehead atoms. The van der Waals surface area contributed by atoms with Crippen LogP contribution in [0.15, 0.2) is 46.9 Å². The van der Waals surface area contributed by atoms with Crippen molar-refractivity contribution >= 4 is 15.9 Å². The summed E-state index contributed by atoms with van der Waals surface area (Å²) in [4.78, 5) is 0. The molecule has 2 aromatic carbocycles. The van der Waals surface area contributed by atoms with Gasteiger partial charge in [0.15, 0.2) is 0 Å². The fraction of sp³-hybridized carbons (Fsp3) is 0.0714. The number of benzene rings is 2. The molecule has 4 heteroatoms. The van der Waals surface area contributed by atoms with Crippen LogP contribution < -0.4 is 0 Å². The molecule has 0 aliphatic rings. The van der Waals surface area contributed by atoms with Gasteiger partial charge in [0.2, 0.25) is 0 Å². The normalized spacial score (nSPS) is 11.6. The van der Waals surface area contributed by atoms with E-state index in [0.717, 1.165) is 27.7 Å². The lowest BCUT2D eigenvalue weighted by molar-refractivity contribution is -0.137. The molecule has 0 fully saturated rings. The molecule has 0 nitrogen and oxygen atoms in total. The van der Waals surface area contributed by atoms with Crippen molar-refractivity contribution < 1.29 is 13.2 Å². The highest BCUT2D eigenvalue weighted by Crippen LogP contribution is 2.33. The molecule has 0 heterocycles. The monoisotopic (exact) mass is 313 g/mol. The van der Waals surface area contributed by atoms with Gasteiger partial charge in [-0.1, -0.05) is 40.2 Å². The van der Waals surface area contributed by atoms with Crippen LogP contribution in [0.3, 0.4) is 0 Å². The second kappa shape index (κ2) is 4.76. The summed E-state index contributed by atoms with van der Waals surface area (Å²) in [5, 5.41) is 0. The molecule has 0 unspecified atom stereocenters. The maximum Gasteiger partial charge on any atom is 0.416 e. The van der Waals surface area contributed by atoms with Crippen molar-refractivity contribution in [2.45, 2.75) is 6.18 Å². The highest BCUT2D eigenvalue weighted by molar-refractivity contribution is 9.10. The van der Waals surface area contributed by atoms with Gasteiger partial charge in [0.1, 0.15) is 0 Å². The molecule has 18 heavy (non-hydrogen) atoms. The van der Waals surface area contributed by atoms with E-state index in [9.17, 15) is 13.2 Å². The molecule has 0 atom stereocenters. The van der Waals surface area contributed by atoms with Gasteiger partial charge in [-0.3, -0.25) is 0 Å². The summed E-state index contributed by atoms with van der Waals surface area (Å²) in [7, 11) is 0. The number of rotatable bonds is 1. The molecule has 93 valence electrons. The van der Waals surface area contributed by atoms with E-state index in [0.29, 0.717) is 5.56 Å². The van der Waals surface area contributed by atoms with E-state index < -0.39 is 11.7 Å². The van der Waals surface area contributed by atoms with Crippen LogP contribution in [0.25, 0.3) is 11.1 Å². The van der Waals surface area contributed by atoms with Crippen LogP contribution in [0.4, 0.5) is 13.2 Å². The Morgan fingerprint density at radius 2 is 1.56 bits per heavy atom. The molecule has 0 spiro atoms. The van der Waals surface area contributed by atoms with E-state index in [1.54, 1.807) is 0 Å². The molecule has 1 radical (unpaired) electrons. The van der Waals surface area contributed by atoms with Crippen molar-refractivity contribution in [2.75, 3.05) is 0 Å². The molecule has 0 amide bonds. The fourth-order valence-corrected chi connectivity index (χ4v) is 2.03. The zero-order valence-corrected chi connectivity index (χ0v) is 10.8. The first kappa shape index (κ1) is 13.1. The first-order chi connectivity index (χ1) is 8.39. The first-order valence-corrected chi connectivity index (χ1v) is 5.97. The van der Waals surface area contributed by atoms with Crippen molar-refractivity contribution in [3.8, 4) is 11.1 Å². The lowest BCUT2D eigenvalue weighted by atomic mass is 9.99. The predicted octanol–water partition coefficient (Wildman–Crippen LogP) is 5.32. The zero-order valence-electron chi connectivity index (χ0n) is 9.26. The topological polar surface area (TPSA) is 0 Å². The van der Waals surface area contributed by atoms with E-state index in [-0.39, 0.29) is 0 Å². The van der Waals surface area contributed by atoms with Gasteiger partial charge in [0, 0.05) is 4.47 Å². The molecule has 0 aliphatic carbocycles. The molecule has 0 saturated heterocycles. The summed E-state index contributed by atoms with van der Waals surface area (Å²) in [5.74, 6) is 0. The summed E-state index contributed by atoms with van der Waals surface area (Å²) in [5.41, 5.74) is 1.65. The molecular weight excluding hydrogens is 305 g/mol. The lowest BCUT2D eigenvalue weighted by Crippen LogP contribution is -2.04. The summed E-state index contributed by atoms with van der Waals surface area (Å²) in [6.07, 6.45) is -4.30. The largest absolute Gasteiger partial charge is 0.416 e. The lowest BCUT2D eigenvalue weighted by Gasteiger charge is -2.10. The predicted molar refractivity (Wildman–Crippen MR) is 69.0 cm³/mol. The van der Waals surface area contributed by atoms with E-state index in [2.05, 4.69) is 22.9 Å². The molecule has 2 aromatic rings. The number of hydrogen-bond acceptors (Lipinski definition) is 0. The third-order valence-corrected chi connectivity index (χ3v) is 3.39. The van der Waals surface area contributed by atoms with E-state index in [4.69, 9.17) is 0 Å². The van der Waals surface area contributed by atoms with Gasteiger partial charge in [-0.05, 0) is 41.8 Å². The van der Waals surface area contributed by atoms with Gasteiger partial charge < -0.3 is 0 Å². The Kier molecular flexibility index (Phi) is 3.48. The standard InChI is InChI=1S/C14H9BrF3/c1-9-12(3-2-4-13(9)15)10-5-7-11(8-6-10)14(16,17)18/h2-8H,1H2. The van der Waals surface area contributed by atoms with Crippen LogP contribution >= 0.6 is 15.9 Å². The summed E-state index contributed by atoms with van der Waals surface area (Å²) >= 11 is 3.35. The molecule has 2 rings (SSSR count). The smallest absolute Gasteiger partial charge is 0.166 e. The van der Waals surface area contributed by atoms with Crippen LogP contribution in [0, 0.1) is 6.92 Å². The van der Waals surface area contributed by atoms with Crippen LogP contribution in [0.1, 0.15) is 11.1 Å². The minimum absolute atomic E-state index is 0.646. The highest BCUT2D eigenvalue weighted by Gasteiger charge is 2.29. The Labute approximate surface area is 112 Å². The van der Waals surface area contributed by atoms with Crippen LogP contribution in [0.5, 0.6) is 0 Å². The maximum absolute atomic E-state index is 12.4. The highest BCUT2D eigenvalue weighted by atomic mass is 79.9. The first-order valence-electron chi connectivity index (χ1n) is 5.17. The molecule has 0 saturated carbocycles. The van der Waals surface area contributed by atoms with Crippen LogP contribution in [0.2, 0.25) is 0 Å². The summed E-state index contributed by atoms with van der Waals surface area (Å²) < 4.78 is 38.2. The van der Waals surface area contributed by atoms with E-state index >= 15 is 0 Å². The van der Waals surface area contributed by atoms with Gasteiger partial charge >= 0.3 is 6.18 Å². The third-order valence-electron chi connectivity index (χ3n) is 2.64. The number of alkyl halides is 3. The SMILES string of the molecule is [CH2]c1c(Br)cccc1-c1ccc(C(F)(F)F)cc1. The van der Waals surface area contributed by atoms with Crippen molar-refractivity contribution in [3.63, 3.8) is 0 Å². The molecule has 0 aromatic heterocycles. The fourth-order valence-electron chi connectivity index (χ4n) is 1.67. The average Bonchev–Trinajstić information content (AvgIpc) is 2.32. The second-order valence-electron chi connectivity index (χ2n) is 3.84. The minimum atomic E-state index is -4.30.